The Morgan fingerprint density at radius 3 is 2.47 bits per heavy atom. The van der Waals surface area contributed by atoms with Gasteiger partial charge in [0.25, 0.3) is 5.91 Å². The van der Waals surface area contributed by atoms with E-state index in [9.17, 15) is 14.4 Å². The number of halogens is 2. The number of nitrogens with zero attached hydrogens (tertiary/aromatic N) is 2. The molecular formula is C24H21Cl2N3O3. The molecular weight excluding hydrogens is 449 g/mol. The van der Waals surface area contributed by atoms with E-state index in [4.69, 9.17) is 23.2 Å². The molecule has 164 valence electrons. The topological polar surface area (TPSA) is 69.7 Å². The van der Waals surface area contributed by atoms with E-state index in [1.165, 1.54) is 16.8 Å². The molecule has 0 saturated heterocycles. The van der Waals surface area contributed by atoms with Crippen LogP contribution in [0.5, 0.6) is 0 Å². The quantitative estimate of drug-likeness (QED) is 0.585. The second kappa shape index (κ2) is 8.81. The molecule has 0 saturated carbocycles. The van der Waals surface area contributed by atoms with Crippen LogP contribution in [0.2, 0.25) is 10.0 Å². The summed E-state index contributed by atoms with van der Waals surface area (Å²) in [5.41, 5.74) is 1.99. The fourth-order valence-electron chi connectivity index (χ4n) is 3.99. The second-order valence-electron chi connectivity index (χ2n) is 7.63. The van der Waals surface area contributed by atoms with Gasteiger partial charge in [0.2, 0.25) is 11.8 Å². The first-order chi connectivity index (χ1) is 15.3. The highest BCUT2D eigenvalue weighted by Crippen LogP contribution is 2.37. The van der Waals surface area contributed by atoms with Crippen molar-refractivity contribution in [2.75, 3.05) is 18.5 Å². The van der Waals surface area contributed by atoms with Crippen LogP contribution in [-0.4, -0.2) is 42.3 Å². The number of amides is 3. The molecule has 4 rings (SSSR count). The van der Waals surface area contributed by atoms with Gasteiger partial charge in [0.1, 0.15) is 12.6 Å². The number of rotatable bonds is 6. The van der Waals surface area contributed by atoms with Gasteiger partial charge in [0.05, 0.1) is 15.7 Å². The molecule has 3 aromatic rings. The number of nitrogens with one attached hydrogen (secondary N) is 1. The normalized spacial score (nSPS) is 13.4. The molecule has 0 aliphatic carbocycles. The third-order valence-electron chi connectivity index (χ3n) is 5.69. The summed E-state index contributed by atoms with van der Waals surface area (Å²) in [7, 11) is 1.52. The SMILES string of the molecule is CNC(=O)C(C)N(Cc1ccc(Cl)c(Cl)c1)C(=O)CN1C(=O)c2cccc3cccc1c23. The summed E-state index contributed by atoms with van der Waals surface area (Å²) in [6.45, 7) is 1.61. The van der Waals surface area contributed by atoms with Crippen LogP contribution in [0.3, 0.4) is 0 Å². The molecule has 1 aliphatic heterocycles. The van der Waals surface area contributed by atoms with Crippen LogP contribution in [0.4, 0.5) is 5.69 Å². The third-order valence-corrected chi connectivity index (χ3v) is 6.43. The Bertz CT molecular complexity index is 1240. The van der Waals surface area contributed by atoms with Crippen LogP contribution in [0.1, 0.15) is 22.8 Å². The number of carbonyl (C=O) groups is 3. The highest BCUT2D eigenvalue weighted by atomic mass is 35.5. The summed E-state index contributed by atoms with van der Waals surface area (Å²) < 4.78 is 0. The maximum atomic E-state index is 13.4. The molecule has 32 heavy (non-hydrogen) atoms. The minimum Gasteiger partial charge on any atom is -0.357 e. The second-order valence-corrected chi connectivity index (χ2v) is 8.45. The number of carbonyl (C=O) groups excluding carboxylic acids is 3. The van der Waals surface area contributed by atoms with E-state index in [-0.39, 0.29) is 30.8 Å². The largest absolute Gasteiger partial charge is 0.357 e. The highest BCUT2D eigenvalue weighted by molar-refractivity contribution is 6.42. The lowest BCUT2D eigenvalue weighted by molar-refractivity contribution is -0.139. The number of anilines is 1. The lowest BCUT2D eigenvalue weighted by Gasteiger charge is -2.30. The van der Waals surface area contributed by atoms with Gasteiger partial charge < -0.3 is 10.2 Å². The van der Waals surface area contributed by atoms with Crippen molar-refractivity contribution in [1.29, 1.82) is 0 Å². The molecule has 0 fully saturated rings. The van der Waals surface area contributed by atoms with Gasteiger partial charge in [-0.2, -0.15) is 0 Å². The molecule has 0 radical (unpaired) electrons. The van der Waals surface area contributed by atoms with Gasteiger partial charge in [-0.3, -0.25) is 19.3 Å². The van der Waals surface area contributed by atoms with Crippen molar-refractivity contribution >= 4 is 57.4 Å². The average molecular weight is 470 g/mol. The van der Waals surface area contributed by atoms with Crippen LogP contribution in [0.15, 0.2) is 54.6 Å². The van der Waals surface area contributed by atoms with Crippen LogP contribution in [0.25, 0.3) is 10.8 Å². The van der Waals surface area contributed by atoms with E-state index in [0.717, 1.165) is 16.3 Å². The molecule has 6 nitrogen and oxygen atoms in total. The van der Waals surface area contributed by atoms with E-state index >= 15 is 0 Å². The van der Waals surface area contributed by atoms with Crippen molar-refractivity contribution in [1.82, 2.24) is 10.2 Å². The summed E-state index contributed by atoms with van der Waals surface area (Å²) in [6, 6.07) is 15.5. The fraction of sp³-hybridized carbons (Fsp3) is 0.208. The lowest BCUT2D eigenvalue weighted by Crippen LogP contribution is -2.50. The maximum Gasteiger partial charge on any atom is 0.259 e. The zero-order valence-corrected chi connectivity index (χ0v) is 19.1. The van der Waals surface area contributed by atoms with Crippen molar-refractivity contribution in [3.8, 4) is 0 Å². The Hall–Kier alpha value is -3.09. The average Bonchev–Trinajstić information content (AvgIpc) is 3.06. The zero-order chi connectivity index (χ0) is 23.0. The van der Waals surface area contributed by atoms with Gasteiger partial charge >= 0.3 is 0 Å². The first kappa shape index (κ1) is 22.1. The van der Waals surface area contributed by atoms with Crippen molar-refractivity contribution in [3.63, 3.8) is 0 Å². The number of benzene rings is 3. The van der Waals surface area contributed by atoms with Crippen molar-refractivity contribution in [2.24, 2.45) is 0 Å². The molecule has 3 aromatic carbocycles. The van der Waals surface area contributed by atoms with Gasteiger partial charge in [-0.25, -0.2) is 0 Å². The summed E-state index contributed by atoms with van der Waals surface area (Å²) >= 11 is 12.1. The molecule has 0 aromatic heterocycles. The minimum absolute atomic E-state index is 0.142. The minimum atomic E-state index is -0.752. The van der Waals surface area contributed by atoms with E-state index in [1.54, 1.807) is 31.2 Å². The monoisotopic (exact) mass is 469 g/mol. The summed E-state index contributed by atoms with van der Waals surface area (Å²) in [5.74, 6) is -0.894. The van der Waals surface area contributed by atoms with Gasteiger partial charge in [-0.1, -0.05) is 53.5 Å². The maximum absolute atomic E-state index is 13.4. The molecule has 1 heterocycles. The Balaban J connectivity index is 1.64. The van der Waals surface area contributed by atoms with E-state index in [1.807, 2.05) is 30.3 Å². The number of hydrogen-bond acceptors (Lipinski definition) is 3. The molecule has 1 atom stereocenters. The lowest BCUT2D eigenvalue weighted by atomic mass is 10.1. The fourth-order valence-corrected chi connectivity index (χ4v) is 4.31. The van der Waals surface area contributed by atoms with Crippen LogP contribution in [-0.2, 0) is 16.1 Å². The van der Waals surface area contributed by atoms with Gasteiger partial charge in [0.15, 0.2) is 0 Å². The smallest absolute Gasteiger partial charge is 0.259 e. The number of likely N-dealkylation sites (N-methyl/N-ethyl adjacent to an activating group) is 1. The van der Waals surface area contributed by atoms with E-state index in [0.29, 0.717) is 21.3 Å². The molecule has 3 amide bonds. The van der Waals surface area contributed by atoms with Crippen molar-refractivity contribution in [2.45, 2.75) is 19.5 Å². The van der Waals surface area contributed by atoms with Crippen LogP contribution in [0, 0.1) is 0 Å². The Kier molecular flexibility index (Phi) is 6.09. The molecule has 1 aliphatic rings. The predicted octanol–water partition coefficient (Wildman–Crippen LogP) is 4.27. The van der Waals surface area contributed by atoms with E-state index < -0.39 is 6.04 Å². The van der Waals surface area contributed by atoms with Gasteiger partial charge in [-0.05, 0) is 42.1 Å². The van der Waals surface area contributed by atoms with Gasteiger partial charge in [0, 0.05) is 24.5 Å². The van der Waals surface area contributed by atoms with Crippen molar-refractivity contribution < 1.29 is 14.4 Å². The Morgan fingerprint density at radius 1 is 1.06 bits per heavy atom. The highest BCUT2D eigenvalue weighted by Gasteiger charge is 2.34. The Labute approximate surface area is 195 Å². The predicted molar refractivity (Wildman–Crippen MR) is 126 cm³/mol. The first-order valence-corrected chi connectivity index (χ1v) is 10.9. The molecule has 8 heteroatoms. The first-order valence-electron chi connectivity index (χ1n) is 10.1. The summed E-state index contributed by atoms with van der Waals surface area (Å²) in [6.07, 6.45) is 0. The van der Waals surface area contributed by atoms with Crippen LogP contribution < -0.4 is 10.2 Å². The number of hydrogen-bond donors (Lipinski definition) is 1. The van der Waals surface area contributed by atoms with Crippen molar-refractivity contribution in [3.05, 3.63) is 75.8 Å². The molecule has 0 spiro atoms. The van der Waals surface area contributed by atoms with Gasteiger partial charge in [-0.15, -0.1) is 0 Å². The third kappa shape index (κ3) is 3.92. The molecule has 1 unspecified atom stereocenters. The van der Waals surface area contributed by atoms with Crippen LogP contribution >= 0.6 is 23.2 Å². The molecule has 0 bridgehead atoms. The zero-order valence-electron chi connectivity index (χ0n) is 17.6. The Morgan fingerprint density at radius 2 is 1.78 bits per heavy atom. The molecule has 1 N–H and O–H groups in total. The summed E-state index contributed by atoms with van der Waals surface area (Å²) in [5, 5.41) is 5.12. The summed E-state index contributed by atoms with van der Waals surface area (Å²) in [4.78, 5) is 41.8. The standard InChI is InChI=1S/C24H21Cl2N3O3/c1-14(23(31)27-2)28(12-15-9-10-18(25)19(26)11-15)21(30)13-29-20-8-4-6-16-5-3-7-17(22(16)20)24(29)32/h3-11,14H,12-13H2,1-2H3,(H,27,31). The van der Waals surface area contributed by atoms with E-state index in [2.05, 4.69) is 5.32 Å².